The Kier molecular flexibility index (Phi) is 3.82. The summed E-state index contributed by atoms with van der Waals surface area (Å²) in [6.45, 7) is 6.66. The van der Waals surface area contributed by atoms with Gasteiger partial charge in [0, 0.05) is 25.8 Å². The lowest BCUT2D eigenvalue weighted by atomic mass is 9.97. The zero-order chi connectivity index (χ0) is 13.9. The summed E-state index contributed by atoms with van der Waals surface area (Å²) in [7, 11) is 0. The van der Waals surface area contributed by atoms with Crippen molar-refractivity contribution >= 4 is 0 Å². The Bertz CT molecular complexity index is 563. The van der Waals surface area contributed by atoms with Crippen LogP contribution in [0.4, 0.5) is 0 Å². The van der Waals surface area contributed by atoms with E-state index in [1.54, 1.807) is 0 Å². The SMILES string of the molecule is CCc1cnc(CN2CCC[C@H](c3noc(C)n3)C2)o1. The van der Waals surface area contributed by atoms with Gasteiger partial charge in [-0.25, -0.2) is 4.98 Å². The van der Waals surface area contributed by atoms with Gasteiger partial charge in [-0.1, -0.05) is 12.1 Å². The van der Waals surface area contributed by atoms with Gasteiger partial charge in [-0.2, -0.15) is 4.98 Å². The molecule has 0 saturated carbocycles. The van der Waals surface area contributed by atoms with Crippen molar-refractivity contribution in [3.63, 3.8) is 0 Å². The molecule has 1 atom stereocenters. The van der Waals surface area contributed by atoms with Gasteiger partial charge in [0.1, 0.15) is 5.76 Å². The van der Waals surface area contributed by atoms with Crippen LogP contribution in [0.15, 0.2) is 15.1 Å². The molecule has 1 saturated heterocycles. The molecule has 0 N–H and O–H groups in total. The summed E-state index contributed by atoms with van der Waals surface area (Å²) in [6.07, 6.45) is 4.96. The number of aromatic nitrogens is 3. The molecule has 0 bridgehead atoms. The zero-order valence-corrected chi connectivity index (χ0v) is 12.0. The van der Waals surface area contributed by atoms with E-state index >= 15 is 0 Å². The fourth-order valence-corrected chi connectivity index (χ4v) is 2.67. The topological polar surface area (TPSA) is 68.2 Å². The van der Waals surface area contributed by atoms with E-state index in [0.29, 0.717) is 11.8 Å². The first-order valence-corrected chi connectivity index (χ1v) is 7.20. The van der Waals surface area contributed by atoms with Gasteiger partial charge in [0.25, 0.3) is 0 Å². The van der Waals surface area contributed by atoms with Crippen LogP contribution in [-0.2, 0) is 13.0 Å². The van der Waals surface area contributed by atoms with Crippen LogP contribution in [-0.4, -0.2) is 33.1 Å². The maximum Gasteiger partial charge on any atom is 0.223 e. The fourth-order valence-electron chi connectivity index (χ4n) is 2.67. The molecule has 0 aromatic carbocycles. The van der Waals surface area contributed by atoms with Gasteiger partial charge in [0.2, 0.25) is 11.8 Å². The Morgan fingerprint density at radius 2 is 2.35 bits per heavy atom. The number of aryl methyl sites for hydroxylation is 2. The van der Waals surface area contributed by atoms with E-state index in [4.69, 9.17) is 8.94 Å². The van der Waals surface area contributed by atoms with Crippen LogP contribution in [0.2, 0.25) is 0 Å². The lowest BCUT2D eigenvalue weighted by Crippen LogP contribution is -2.34. The van der Waals surface area contributed by atoms with Crippen molar-refractivity contribution in [2.75, 3.05) is 13.1 Å². The van der Waals surface area contributed by atoms with E-state index in [9.17, 15) is 0 Å². The van der Waals surface area contributed by atoms with E-state index in [2.05, 4.69) is 26.9 Å². The number of hydrogen-bond acceptors (Lipinski definition) is 6. The molecular weight excluding hydrogens is 256 g/mol. The second kappa shape index (κ2) is 5.75. The third-order valence-electron chi connectivity index (χ3n) is 3.72. The average Bonchev–Trinajstić information content (AvgIpc) is 3.08. The monoisotopic (exact) mass is 276 g/mol. The highest BCUT2D eigenvalue weighted by molar-refractivity contribution is 4.99. The Hall–Kier alpha value is -1.69. The minimum Gasteiger partial charge on any atom is -0.444 e. The Balaban J connectivity index is 1.63. The summed E-state index contributed by atoms with van der Waals surface area (Å²) < 4.78 is 10.8. The van der Waals surface area contributed by atoms with Crippen molar-refractivity contribution < 1.29 is 8.94 Å². The third kappa shape index (κ3) is 2.90. The molecule has 2 aromatic rings. The highest BCUT2D eigenvalue weighted by Crippen LogP contribution is 2.25. The molecule has 6 heteroatoms. The van der Waals surface area contributed by atoms with Gasteiger partial charge in [-0.3, -0.25) is 4.90 Å². The van der Waals surface area contributed by atoms with E-state index in [0.717, 1.165) is 56.4 Å². The van der Waals surface area contributed by atoms with Crippen molar-refractivity contribution in [3.05, 3.63) is 29.6 Å². The quantitative estimate of drug-likeness (QED) is 0.853. The number of rotatable bonds is 4. The summed E-state index contributed by atoms with van der Waals surface area (Å²) in [5.41, 5.74) is 0. The highest BCUT2D eigenvalue weighted by atomic mass is 16.5. The fraction of sp³-hybridized carbons (Fsp3) is 0.643. The van der Waals surface area contributed by atoms with Crippen LogP contribution in [0.1, 0.15) is 49.0 Å². The van der Waals surface area contributed by atoms with Crippen molar-refractivity contribution in [3.8, 4) is 0 Å². The normalized spacial score (nSPS) is 20.4. The lowest BCUT2D eigenvalue weighted by Gasteiger charge is -2.30. The van der Waals surface area contributed by atoms with E-state index < -0.39 is 0 Å². The first-order chi connectivity index (χ1) is 9.74. The molecule has 6 nitrogen and oxygen atoms in total. The Morgan fingerprint density at radius 1 is 1.45 bits per heavy atom. The second-order valence-corrected chi connectivity index (χ2v) is 5.32. The summed E-state index contributed by atoms with van der Waals surface area (Å²) in [5.74, 6) is 3.56. The van der Waals surface area contributed by atoms with Gasteiger partial charge >= 0.3 is 0 Å². The highest BCUT2D eigenvalue weighted by Gasteiger charge is 2.25. The van der Waals surface area contributed by atoms with Crippen LogP contribution in [0.25, 0.3) is 0 Å². The summed E-state index contributed by atoms with van der Waals surface area (Å²) in [4.78, 5) is 11.0. The lowest BCUT2D eigenvalue weighted by molar-refractivity contribution is 0.178. The van der Waals surface area contributed by atoms with E-state index in [1.807, 2.05) is 13.1 Å². The predicted molar refractivity (Wildman–Crippen MR) is 72.2 cm³/mol. The van der Waals surface area contributed by atoms with Crippen LogP contribution in [0, 0.1) is 6.92 Å². The molecule has 108 valence electrons. The van der Waals surface area contributed by atoms with Gasteiger partial charge in [-0.05, 0) is 19.4 Å². The molecule has 20 heavy (non-hydrogen) atoms. The van der Waals surface area contributed by atoms with Gasteiger partial charge in [0.05, 0.1) is 12.7 Å². The number of oxazole rings is 1. The molecule has 0 unspecified atom stereocenters. The van der Waals surface area contributed by atoms with Gasteiger partial charge in [-0.15, -0.1) is 0 Å². The predicted octanol–water partition coefficient (Wildman–Crippen LogP) is 2.31. The molecule has 0 amide bonds. The summed E-state index contributed by atoms with van der Waals surface area (Å²) in [5, 5.41) is 4.05. The molecular formula is C14H20N4O2. The first-order valence-electron chi connectivity index (χ1n) is 7.20. The van der Waals surface area contributed by atoms with Gasteiger partial charge in [0.15, 0.2) is 5.82 Å². The average molecular weight is 276 g/mol. The number of nitrogens with zero attached hydrogens (tertiary/aromatic N) is 4. The molecule has 0 spiro atoms. The maximum atomic E-state index is 5.68. The number of piperidine rings is 1. The largest absolute Gasteiger partial charge is 0.444 e. The minimum absolute atomic E-state index is 0.349. The first kappa shape index (κ1) is 13.3. The molecule has 1 aliphatic heterocycles. The minimum atomic E-state index is 0.349. The Labute approximate surface area is 118 Å². The van der Waals surface area contributed by atoms with Crippen molar-refractivity contribution in [2.24, 2.45) is 0 Å². The molecule has 0 radical (unpaired) electrons. The van der Waals surface area contributed by atoms with Crippen LogP contribution >= 0.6 is 0 Å². The molecule has 0 aliphatic carbocycles. The standard InChI is InChI=1S/C14H20N4O2/c1-3-12-7-15-13(19-12)9-18-6-4-5-11(8-18)14-16-10(2)20-17-14/h7,11H,3-6,8-9H2,1-2H3/t11-/m0/s1. The van der Waals surface area contributed by atoms with Crippen molar-refractivity contribution in [1.29, 1.82) is 0 Å². The molecule has 1 fully saturated rings. The van der Waals surface area contributed by atoms with E-state index in [-0.39, 0.29) is 0 Å². The van der Waals surface area contributed by atoms with E-state index in [1.165, 1.54) is 0 Å². The Morgan fingerprint density at radius 3 is 3.05 bits per heavy atom. The number of likely N-dealkylation sites (tertiary alicyclic amines) is 1. The molecule has 3 rings (SSSR count). The van der Waals surface area contributed by atoms with Crippen LogP contribution in [0.3, 0.4) is 0 Å². The molecule has 1 aliphatic rings. The summed E-state index contributed by atoms with van der Waals surface area (Å²) >= 11 is 0. The smallest absolute Gasteiger partial charge is 0.223 e. The number of hydrogen-bond donors (Lipinski definition) is 0. The zero-order valence-electron chi connectivity index (χ0n) is 12.0. The molecule has 3 heterocycles. The van der Waals surface area contributed by atoms with Crippen molar-refractivity contribution in [1.82, 2.24) is 20.0 Å². The van der Waals surface area contributed by atoms with Crippen LogP contribution < -0.4 is 0 Å². The van der Waals surface area contributed by atoms with Crippen LogP contribution in [0.5, 0.6) is 0 Å². The molecule has 2 aromatic heterocycles. The van der Waals surface area contributed by atoms with Gasteiger partial charge < -0.3 is 8.94 Å². The summed E-state index contributed by atoms with van der Waals surface area (Å²) in [6, 6.07) is 0. The maximum absolute atomic E-state index is 5.68. The second-order valence-electron chi connectivity index (χ2n) is 5.32. The van der Waals surface area contributed by atoms with Crippen molar-refractivity contribution in [2.45, 2.75) is 45.6 Å². The third-order valence-corrected chi connectivity index (χ3v) is 3.72.